The van der Waals surface area contributed by atoms with Crippen molar-refractivity contribution in [1.29, 1.82) is 0 Å². The third-order valence-corrected chi connectivity index (χ3v) is 15.8. The number of nitrogens with zero attached hydrogens (tertiary/aromatic N) is 1. The third-order valence-electron chi connectivity index (χ3n) is 15.8. The second-order valence-corrected chi connectivity index (χ2v) is 18.2. The fraction of sp³-hybridized carbons (Fsp3) is 0.510. The second kappa shape index (κ2) is 15.0. The summed E-state index contributed by atoms with van der Waals surface area (Å²) in [7, 11) is 7.97. The number of fused-ring (bicyclic) bond motifs is 1. The normalized spacial score (nSPS) is 32.6. The predicted octanol–water partition coefficient (Wildman–Crippen LogP) is 7.77. The molecule has 0 radical (unpaired) electrons. The average Bonchev–Trinajstić information content (AvgIpc) is 3.52. The molecule has 3 aromatic rings. The number of benzene rings is 3. The Hall–Kier alpha value is -4.80. The molecule has 3 aromatic carbocycles. The first kappa shape index (κ1) is 41.0. The number of aliphatic hydroxyl groups is 2. The Balaban J connectivity index is 1.19. The number of carbonyl (C=O) groups excluding carboxylic acids is 2. The maximum atomic E-state index is 15.0. The van der Waals surface area contributed by atoms with Crippen molar-refractivity contribution in [3.05, 3.63) is 101 Å². The van der Waals surface area contributed by atoms with E-state index >= 15 is 4.79 Å². The number of rotatable bonds is 13. The molecule has 10 heteroatoms. The fourth-order valence-corrected chi connectivity index (χ4v) is 12.5. The summed E-state index contributed by atoms with van der Waals surface area (Å²) < 4.78 is 27.7. The first-order valence-corrected chi connectivity index (χ1v) is 21.0. The van der Waals surface area contributed by atoms with Crippen LogP contribution in [0.5, 0.6) is 28.7 Å². The molecule has 0 saturated heterocycles. The molecule has 0 aromatic heterocycles. The number of allylic oxidation sites excluding steroid dienone is 4. The second-order valence-electron chi connectivity index (χ2n) is 18.2. The van der Waals surface area contributed by atoms with Gasteiger partial charge in [-0.15, -0.1) is 0 Å². The van der Waals surface area contributed by atoms with Gasteiger partial charge >= 0.3 is 0 Å². The smallest absolute Gasteiger partial charge is 0.227 e. The standard InChI is InChI=1S/C49H59NO9/c1-45-19-16-34(51)27-47(45)22-23-49(37(28-47)44(53)32-9-12-35(55-3)13-10-32)41(45)17-20-46(2)42(49)18-21-48(46,54)30-50(29-33-11-14-36(56-4)26-39(33)58-6)43(52)25-31-8-15-38(57-5)40(24-31)59-7/h8-15,22-24,26,28,34,41-42,51,54H,16-21,25,27,29-30H2,1-7H3. The van der Waals surface area contributed by atoms with Crippen LogP contribution in [0.3, 0.4) is 0 Å². The van der Waals surface area contributed by atoms with Crippen molar-refractivity contribution < 1.29 is 43.5 Å². The topological polar surface area (TPSA) is 124 Å². The van der Waals surface area contributed by atoms with Gasteiger partial charge in [-0.1, -0.05) is 38.1 Å². The zero-order chi connectivity index (χ0) is 42.0. The Morgan fingerprint density at radius 2 is 1.39 bits per heavy atom. The Morgan fingerprint density at radius 3 is 2.08 bits per heavy atom. The van der Waals surface area contributed by atoms with Gasteiger partial charge in [-0.05, 0) is 116 Å². The third kappa shape index (κ3) is 6.26. The molecular formula is C49H59NO9. The molecule has 2 spiro atoms. The van der Waals surface area contributed by atoms with E-state index in [1.165, 1.54) is 0 Å². The minimum Gasteiger partial charge on any atom is -0.497 e. The van der Waals surface area contributed by atoms with E-state index < -0.39 is 27.9 Å². The van der Waals surface area contributed by atoms with E-state index in [9.17, 15) is 15.0 Å². The molecule has 2 bridgehead atoms. The van der Waals surface area contributed by atoms with E-state index in [2.05, 4.69) is 32.1 Å². The lowest BCUT2D eigenvalue weighted by Gasteiger charge is -2.71. The van der Waals surface area contributed by atoms with E-state index in [4.69, 9.17) is 23.7 Å². The lowest BCUT2D eigenvalue weighted by molar-refractivity contribution is -0.178. The SMILES string of the molecule is COc1ccc(C(=O)C2=CC34C=CC25C(CCC2(C)C5CCC2(O)CN(Cc2ccc(OC)cc2OC)C(=O)Cc2ccc(OC)c(OC)c2)C3(C)CCC(O)C4)cc1. The maximum Gasteiger partial charge on any atom is 0.227 e. The highest BCUT2D eigenvalue weighted by Gasteiger charge is 2.74. The van der Waals surface area contributed by atoms with Gasteiger partial charge in [-0.25, -0.2) is 0 Å². The van der Waals surface area contributed by atoms with Gasteiger partial charge in [0.05, 0.1) is 60.2 Å². The predicted molar refractivity (Wildman–Crippen MR) is 224 cm³/mol. The fourth-order valence-electron chi connectivity index (χ4n) is 12.5. The monoisotopic (exact) mass is 805 g/mol. The molecule has 314 valence electrons. The molecule has 1 amide bonds. The van der Waals surface area contributed by atoms with E-state index in [1.807, 2.05) is 54.6 Å². The number of aliphatic hydroxyl groups excluding tert-OH is 1. The molecule has 0 aliphatic heterocycles. The number of ketones is 1. The number of hydrogen-bond donors (Lipinski definition) is 2. The van der Waals surface area contributed by atoms with Crippen LogP contribution in [0.25, 0.3) is 0 Å². The van der Waals surface area contributed by atoms with Crippen molar-refractivity contribution in [2.75, 3.05) is 42.1 Å². The number of amides is 1. The van der Waals surface area contributed by atoms with E-state index in [-0.39, 0.29) is 48.5 Å². The average molecular weight is 806 g/mol. The quantitative estimate of drug-likeness (QED) is 0.132. The van der Waals surface area contributed by atoms with Gasteiger partial charge in [0.25, 0.3) is 0 Å². The molecule has 6 aliphatic carbocycles. The summed E-state index contributed by atoms with van der Waals surface area (Å²) in [5.41, 5.74) is -0.240. The number of carbonyl (C=O) groups is 2. The van der Waals surface area contributed by atoms with Gasteiger partial charge in [0, 0.05) is 45.6 Å². The summed E-state index contributed by atoms with van der Waals surface area (Å²) in [5.74, 6) is 2.92. The van der Waals surface area contributed by atoms with Gasteiger partial charge in [0.15, 0.2) is 17.3 Å². The van der Waals surface area contributed by atoms with Crippen molar-refractivity contribution in [3.8, 4) is 28.7 Å². The van der Waals surface area contributed by atoms with Crippen molar-refractivity contribution in [2.45, 2.75) is 83.5 Å². The molecule has 6 aliphatic rings. The van der Waals surface area contributed by atoms with Crippen LogP contribution < -0.4 is 23.7 Å². The van der Waals surface area contributed by atoms with Crippen molar-refractivity contribution in [1.82, 2.24) is 4.90 Å². The molecule has 10 nitrogen and oxygen atoms in total. The van der Waals surface area contributed by atoms with Crippen molar-refractivity contribution in [3.63, 3.8) is 0 Å². The largest absolute Gasteiger partial charge is 0.497 e. The number of ether oxygens (including phenoxy) is 5. The molecule has 3 fully saturated rings. The molecule has 59 heavy (non-hydrogen) atoms. The highest BCUT2D eigenvalue weighted by molar-refractivity contribution is 6.10. The Morgan fingerprint density at radius 1 is 0.729 bits per heavy atom. The van der Waals surface area contributed by atoms with Crippen LogP contribution in [0, 0.1) is 33.5 Å². The van der Waals surface area contributed by atoms with Crippen LogP contribution in [0.4, 0.5) is 0 Å². The number of hydrogen-bond acceptors (Lipinski definition) is 9. The zero-order valence-electron chi connectivity index (χ0n) is 35.5. The van der Waals surface area contributed by atoms with Gasteiger partial charge in [0.2, 0.25) is 5.91 Å². The molecule has 9 rings (SSSR count). The van der Waals surface area contributed by atoms with Crippen LogP contribution in [0.1, 0.15) is 80.3 Å². The molecule has 8 atom stereocenters. The van der Waals surface area contributed by atoms with Crippen molar-refractivity contribution in [2.24, 2.45) is 33.5 Å². The molecule has 2 N–H and O–H groups in total. The van der Waals surface area contributed by atoms with E-state index in [0.29, 0.717) is 53.6 Å². The number of Topliss-reactive ketones (excluding diaryl/α,β-unsaturated/α-hetero) is 1. The maximum absolute atomic E-state index is 15.0. The minimum atomic E-state index is -1.28. The van der Waals surface area contributed by atoms with Crippen LogP contribution in [-0.4, -0.2) is 80.6 Å². The van der Waals surface area contributed by atoms with E-state index in [0.717, 1.165) is 42.4 Å². The summed E-state index contributed by atoms with van der Waals surface area (Å²) in [4.78, 5) is 31.5. The van der Waals surface area contributed by atoms with Crippen LogP contribution in [0.15, 0.2) is 84.5 Å². The Kier molecular flexibility index (Phi) is 10.4. The Labute approximate surface area is 348 Å². The summed E-state index contributed by atoms with van der Waals surface area (Å²) in [5, 5.41) is 24.5. The summed E-state index contributed by atoms with van der Waals surface area (Å²) >= 11 is 0. The zero-order valence-corrected chi connectivity index (χ0v) is 35.5. The molecule has 3 saturated carbocycles. The highest BCUT2D eigenvalue weighted by atomic mass is 16.5. The summed E-state index contributed by atoms with van der Waals surface area (Å²) in [6.07, 6.45) is 11.4. The highest BCUT2D eigenvalue weighted by Crippen LogP contribution is 2.78. The van der Waals surface area contributed by atoms with E-state index in [1.54, 1.807) is 46.5 Å². The first-order chi connectivity index (χ1) is 28.2. The van der Waals surface area contributed by atoms with Gasteiger partial charge in [-0.3, -0.25) is 9.59 Å². The lowest BCUT2D eigenvalue weighted by atomic mass is 9.32. The first-order valence-electron chi connectivity index (χ1n) is 21.0. The van der Waals surface area contributed by atoms with Crippen LogP contribution in [-0.2, 0) is 17.8 Å². The lowest BCUT2D eigenvalue weighted by Crippen LogP contribution is -2.67. The van der Waals surface area contributed by atoms with Gasteiger partial charge in [-0.2, -0.15) is 0 Å². The number of methoxy groups -OCH3 is 5. The summed E-state index contributed by atoms with van der Waals surface area (Å²) in [6, 6.07) is 18.4. The molecular weight excluding hydrogens is 747 g/mol. The molecule has 8 unspecified atom stereocenters. The van der Waals surface area contributed by atoms with Crippen molar-refractivity contribution >= 4 is 11.7 Å². The van der Waals surface area contributed by atoms with Gasteiger partial charge < -0.3 is 38.8 Å². The van der Waals surface area contributed by atoms with Crippen LogP contribution in [0.2, 0.25) is 0 Å². The minimum absolute atomic E-state index is 0.0125. The van der Waals surface area contributed by atoms with Crippen LogP contribution >= 0.6 is 0 Å². The summed E-state index contributed by atoms with van der Waals surface area (Å²) in [6.45, 7) is 4.89. The van der Waals surface area contributed by atoms with Gasteiger partial charge in [0.1, 0.15) is 17.2 Å². The molecule has 0 heterocycles. The Bertz CT molecular complexity index is 2180.